The van der Waals surface area contributed by atoms with Crippen molar-refractivity contribution in [3.8, 4) is 0 Å². The summed E-state index contributed by atoms with van der Waals surface area (Å²) >= 11 is 0. The lowest BCUT2D eigenvalue weighted by Gasteiger charge is -2.46. The second kappa shape index (κ2) is 3.83. The monoisotopic (exact) mass is 244 g/mol. The molecule has 0 radical (unpaired) electrons. The van der Waals surface area contributed by atoms with Crippen LogP contribution in [0.3, 0.4) is 0 Å². The number of hydrogen-bond donors (Lipinski definition) is 1. The molecular formula is C14H16N2O2. The first-order chi connectivity index (χ1) is 8.62. The number of anilines is 1. The minimum atomic E-state index is -0.336. The van der Waals surface area contributed by atoms with Gasteiger partial charge in [0, 0.05) is 6.54 Å². The topological polar surface area (TPSA) is 49.4 Å². The van der Waals surface area contributed by atoms with E-state index in [1.807, 2.05) is 31.2 Å². The summed E-state index contributed by atoms with van der Waals surface area (Å²) in [5.41, 5.74) is 1.38. The Morgan fingerprint density at radius 2 is 2.06 bits per heavy atom. The van der Waals surface area contributed by atoms with Crippen LogP contribution in [-0.2, 0) is 4.79 Å². The van der Waals surface area contributed by atoms with Crippen LogP contribution in [-0.4, -0.2) is 18.5 Å². The summed E-state index contributed by atoms with van der Waals surface area (Å²) in [6.07, 6.45) is 2.84. The van der Waals surface area contributed by atoms with E-state index >= 15 is 0 Å². The first-order valence-corrected chi connectivity index (χ1v) is 6.31. The van der Waals surface area contributed by atoms with Crippen molar-refractivity contribution < 1.29 is 9.59 Å². The minimum absolute atomic E-state index is 0.0388. The van der Waals surface area contributed by atoms with Crippen molar-refractivity contribution in [2.45, 2.75) is 26.2 Å². The third-order valence-electron chi connectivity index (χ3n) is 4.01. The molecule has 2 fully saturated rings. The number of nitrogens with one attached hydrogen (secondary N) is 1. The Hall–Kier alpha value is -1.84. The number of carbonyl (C=O) groups excluding carboxylic acids is 2. The number of hydrogen-bond acceptors (Lipinski definition) is 2. The Labute approximate surface area is 106 Å². The fourth-order valence-corrected chi connectivity index (χ4v) is 2.72. The van der Waals surface area contributed by atoms with Gasteiger partial charge in [-0.25, -0.2) is 9.69 Å². The Kier molecular flexibility index (Phi) is 2.40. The molecule has 1 saturated heterocycles. The number of nitrogens with zero attached hydrogens (tertiary/aromatic N) is 1. The van der Waals surface area contributed by atoms with Gasteiger partial charge >= 0.3 is 6.03 Å². The van der Waals surface area contributed by atoms with E-state index in [2.05, 4.69) is 5.32 Å². The molecule has 1 saturated carbocycles. The summed E-state index contributed by atoms with van der Waals surface area (Å²) in [5, 5.41) is 2.84. The SMILES string of the molecule is Cc1cccc(N2C(=O)NCC3(CCC3)C2=O)c1. The van der Waals surface area contributed by atoms with Crippen LogP contribution in [0.15, 0.2) is 24.3 Å². The average molecular weight is 244 g/mol. The van der Waals surface area contributed by atoms with Gasteiger partial charge in [-0.05, 0) is 37.5 Å². The molecule has 1 spiro atoms. The van der Waals surface area contributed by atoms with Crippen LogP contribution in [0.25, 0.3) is 0 Å². The number of aryl methyl sites for hydroxylation is 1. The van der Waals surface area contributed by atoms with Gasteiger partial charge in [0.2, 0.25) is 5.91 Å². The molecule has 2 aliphatic rings. The van der Waals surface area contributed by atoms with Gasteiger partial charge in [-0.15, -0.1) is 0 Å². The normalized spacial score (nSPS) is 21.7. The molecular weight excluding hydrogens is 228 g/mol. The van der Waals surface area contributed by atoms with Crippen molar-refractivity contribution in [1.29, 1.82) is 0 Å². The maximum atomic E-state index is 12.5. The van der Waals surface area contributed by atoms with Crippen LogP contribution in [0, 0.1) is 12.3 Å². The molecule has 1 aromatic rings. The van der Waals surface area contributed by atoms with E-state index in [1.165, 1.54) is 4.90 Å². The van der Waals surface area contributed by atoms with Crippen LogP contribution < -0.4 is 10.2 Å². The maximum absolute atomic E-state index is 12.5. The molecule has 4 heteroatoms. The summed E-state index contributed by atoms with van der Waals surface area (Å²) in [6, 6.07) is 7.20. The Bertz CT molecular complexity index is 520. The predicted molar refractivity (Wildman–Crippen MR) is 68.3 cm³/mol. The highest BCUT2D eigenvalue weighted by Gasteiger charge is 2.51. The summed E-state index contributed by atoms with van der Waals surface area (Å²) < 4.78 is 0. The molecule has 1 aliphatic heterocycles. The first-order valence-electron chi connectivity index (χ1n) is 6.31. The molecule has 4 nitrogen and oxygen atoms in total. The Morgan fingerprint density at radius 3 is 2.67 bits per heavy atom. The number of amides is 3. The summed E-state index contributed by atoms with van der Waals surface area (Å²) in [4.78, 5) is 25.8. The predicted octanol–water partition coefficient (Wildman–Crippen LogP) is 2.22. The maximum Gasteiger partial charge on any atom is 0.328 e. The average Bonchev–Trinajstić information content (AvgIpc) is 2.27. The lowest BCUT2D eigenvalue weighted by molar-refractivity contribution is -0.132. The fraction of sp³-hybridized carbons (Fsp3) is 0.429. The molecule has 1 N–H and O–H groups in total. The lowest BCUT2D eigenvalue weighted by atomic mass is 9.67. The number of rotatable bonds is 1. The number of urea groups is 1. The molecule has 0 bridgehead atoms. The first kappa shape index (κ1) is 11.3. The zero-order valence-electron chi connectivity index (χ0n) is 10.4. The smallest absolute Gasteiger partial charge is 0.328 e. The van der Waals surface area contributed by atoms with Crippen LogP contribution in [0.5, 0.6) is 0 Å². The fourth-order valence-electron chi connectivity index (χ4n) is 2.72. The standard InChI is InChI=1S/C14H16N2O2/c1-10-4-2-5-11(8-10)16-12(17)14(6-3-7-14)9-15-13(16)18/h2,4-5,8H,3,6-7,9H2,1H3,(H,15,18). The van der Waals surface area contributed by atoms with Crippen LogP contribution in [0.2, 0.25) is 0 Å². The van der Waals surface area contributed by atoms with Crippen molar-refractivity contribution in [3.05, 3.63) is 29.8 Å². The van der Waals surface area contributed by atoms with Crippen molar-refractivity contribution in [2.24, 2.45) is 5.41 Å². The molecule has 94 valence electrons. The summed E-state index contributed by atoms with van der Waals surface area (Å²) in [7, 11) is 0. The Balaban J connectivity index is 1.98. The van der Waals surface area contributed by atoms with E-state index in [0.717, 1.165) is 24.8 Å². The third kappa shape index (κ3) is 1.52. The van der Waals surface area contributed by atoms with Gasteiger partial charge in [-0.1, -0.05) is 18.6 Å². The zero-order valence-corrected chi connectivity index (χ0v) is 10.4. The highest BCUT2D eigenvalue weighted by atomic mass is 16.2. The second-order valence-corrected chi connectivity index (χ2v) is 5.27. The van der Waals surface area contributed by atoms with E-state index in [-0.39, 0.29) is 17.4 Å². The minimum Gasteiger partial charge on any atom is -0.336 e. The van der Waals surface area contributed by atoms with Crippen LogP contribution >= 0.6 is 0 Å². The van der Waals surface area contributed by atoms with Crippen LogP contribution in [0.1, 0.15) is 24.8 Å². The van der Waals surface area contributed by atoms with Gasteiger partial charge in [0.05, 0.1) is 11.1 Å². The van der Waals surface area contributed by atoms with Gasteiger partial charge in [0.25, 0.3) is 0 Å². The van der Waals surface area contributed by atoms with Crippen LogP contribution in [0.4, 0.5) is 10.5 Å². The molecule has 1 aliphatic carbocycles. The molecule has 1 heterocycles. The number of carbonyl (C=O) groups is 2. The molecule has 3 amide bonds. The van der Waals surface area contributed by atoms with Gasteiger partial charge in [0.1, 0.15) is 0 Å². The summed E-state index contributed by atoms with van der Waals surface area (Å²) in [6.45, 7) is 2.45. The highest BCUT2D eigenvalue weighted by molar-refractivity contribution is 6.18. The second-order valence-electron chi connectivity index (χ2n) is 5.27. The molecule has 0 atom stereocenters. The van der Waals surface area contributed by atoms with E-state index < -0.39 is 0 Å². The van der Waals surface area contributed by atoms with Gasteiger partial charge < -0.3 is 5.32 Å². The lowest BCUT2D eigenvalue weighted by Crippen LogP contribution is -2.63. The molecule has 3 rings (SSSR count). The Morgan fingerprint density at radius 1 is 1.28 bits per heavy atom. The molecule has 18 heavy (non-hydrogen) atoms. The quantitative estimate of drug-likeness (QED) is 0.823. The number of imide groups is 1. The van der Waals surface area contributed by atoms with Gasteiger partial charge in [0.15, 0.2) is 0 Å². The van der Waals surface area contributed by atoms with Crippen molar-refractivity contribution in [3.63, 3.8) is 0 Å². The van der Waals surface area contributed by atoms with Crippen molar-refractivity contribution in [1.82, 2.24) is 5.32 Å². The largest absolute Gasteiger partial charge is 0.336 e. The van der Waals surface area contributed by atoms with E-state index in [0.29, 0.717) is 12.2 Å². The zero-order chi connectivity index (χ0) is 12.8. The molecule has 0 unspecified atom stereocenters. The van der Waals surface area contributed by atoms with Crippen molar-refractivity contribution >= 4 is 17.6 Å². The highest BCUT2D eigenvalue weighted by Crippen LogP contribution is 2.44. The summed E-state index contributed by atoms with van der Waals surface area (Å²) in [5.74, 6) is -0.0388. The molecule has 0 aromatic heterocycles. The third-order valence-corrected chi connectivity index (χ3v) is 4.01. The van der Waals surface area contributed by atoms with E-state index in [1.54, 1.807) is 0 Å². The van der Waals surface area contributed by atoms with E-state index in [9.17, 15) is 9.59 Å². The number of benzene rings is 1. The molecule has 1 aromatic carbocycles. The van der Waals surface area contributed by atoms with Crippen molar-refractivity contribution in [2.75, 3.05) is 11.4 Å². The van der Waals surface area contributed by atoms with E-state index in [4.69, 9.17) is 0 Å². The van der Waals surface area contributed by atoms with Gasteiger partial charge in [-0.2, -0.15) is 0 Å². The van der Waals surface area contributed by atoms with Gasteiger partial charge in [-0.3, -0.25) is 4.79 Å².